The van der Waals surface area contributed by atoms with Gasteiger partial charge in [-0.05, 0) is 37.6 Å². The highest BCUT2D eigenvalue weighted by molar-refractivity contribution is 9.10. The number of rotatable bonds is 6. The van der Waals surface area contributed by atoms with Gasteiger partial charge in [0, 0.05) is 17.2 Å². The zero-order chi connectivity index (χ0) is 13.7. The topological polar surface area (TPSA) is 29.9 Å². The van der Waals surface area contributed by atoms with Crippen LogP contribution in [0.1, 0.15) is 30.6 Å². The zero-order valence-electron chi connectivity index (χ0n) is 11.4. The van der Waals surface area contributed by atoms with Crippen molar-refractivity contribution in [1.82, 2.24) is 15.1 Å². The van der Waals surface area contributed by atoms with Crippen molar-refractivity contribution >= 4 is 15.9 Å². The van der Waals surface area contributed by atoms with Crippen LogP contribution >= 0.6 is 15.9 Å². The maximum Gasteiger partial charge on any atom is 0.0556 e. The minimum absolute atomic E-state index is 0.285. The molecule has 1 unspecified atom stereocenters. The Morgan fingerprint density at radius 2 is 2.11 bits per heavy atom. The number of nitrogens with one attached hydrogen (secondary N) is 1. The third kappa shape index (κ3) is 3.45. The second-order valence-electron chi connectivity index (χ2n) is 4.62. The summed E-state index contributed by atoms with van der Waals surface area (Å²) in [6.45, 7) is 3.14. The first kappa shape index (κ1) is 14.3. The van der Waals surface area contributed by atoms with Crippen LogP contribution in [0.5, 0.6) is 0 Å². The molecule has 19 heavy (non-hydrogen) atoms. The van der Waals surface area contributed by atoms with Crippen molar-refractivity contribution in [3.05, 3.63) is 52.3 Å². The smallest absolute Gasteiger partial charge is 0.0556 e. The highest BCUT2D eigenvalue weighted by atomic mass is 79.9. The third-order valence-corrected chi connectivity index (χ3v) is 4.05. The molecule has 1 N–H and O–H groups in total. The molecule has 1 atom stereocenters. The summed E-state index contributed by atoms with van der Waals surface area (Å²) in [6, 6.07) is 10.8. The molecule has 102 valence electrons. The van der Waals surface area contributed by atoms with Crippen molar-refractivity contribution in [3.63, 3.8) is 0 Å². The average molecular weight is 322 g/mol. The summed E-state index contributed by atoms with van der Waals surface area (Å²) < 4.78 is 3.26. The van der Waals surface area contributed by atoms with Crippen LogP contribution in [0.4, 0.5) is 0 Å². The van der Waals surface area contributed by atoms with Gasteiger partial charge in [0.05, 0.1) is 11.7 Å². The first-order valence-corrected chi connectivity index (χ1v) is 7.48. The minimum atomic E-state index is 0.285. The van der Waals surface area contributed by atoms with E-state index >= 15 is 0 Å². The third-order valence-electron chi connectivity index (χ3n) is 3.27. The highest BCUT2D eigenvalue weighted by Crippen LogP contribution is 2.23. The van der Waals surface area contributed by atoms with Crippen molar-refractivity contribution in [2.45, 2.75) is 32.4 Å². The Bertz CT molecular complexity index is 522. The molecule has 4 heteroatoms. The molecule has 0 bridgehead atoms. The summed E-state index contributed by atoms with van der Waals surface area (Å²) in [5.41, 5.74) is 2.56. The normalized spacial score (nSPS) is 12.6. The maximum atomic E-state index is 4.40. The second kappa shape index (κ2) is 6.87. The molecular formula is C15H20BrN3. The molecule has 0 radical (unpaired) electrons. The van der Waals surface area contributed by atoms with Gasteiger partial charge >= 0.3 is 0 Å². The van der Waals surface area contributed by atoms with Crippen LogP contribution in [0.15, 0.2) is 41.0 Å². The van der Waals surface area contributed by atoms with Gasteiger partial charge in [-0.1, -0.05) is 41.1 Å². The molecular weight excluding hydrogens is 302 g/mol. The van der Waals surface area contributed by atoms with E-state index in [9.17, 15) is 0 Å². The molecule has 0 saturated carbocycles. The van der Waals surface area contributed by atoms with Crippen molar-refractivity contribution in [1.29, 1.82) is 0 Å². The summed E-state index contributed by atoms with van der Waals surface area (Å²) in [4.78, 5) is 0. The Balaban J connectivity index is 2.20. The fourth-order valence-corrected chi connectivity index (χ4v) is 2.72. The molecule has 0 aliphatic heterocycles. The Labute approximate surface area is 123 Å². The van der Waals surface area contributed by atoms with Gasteiger partial charge in [0.2, 0.25) is 0 Å². The van der Waals surface area contributed by atoms with Crippen molar-refractivity contribution in [3.8, 4) is 0 Å². The van der Waals surface area contributed by atoms with Crippen LogP contribution in [0.25, 0.3) is 0 Å². The van der Waals surface area contributed by atoms with Crippen molar-refractivity contribution < 1.29 is 0 Å². The first-order valence-electron chi connectivity index (χ1n) is 6.68. The number of hydrogen-bond donors (Lipinski definition) is 1. The van der Waals surface area contributed by atoms with Crippen LogP contribution in [0.3, 0.4) is 0 Å². The lowest BCUT2D eigenvalue weighted by Gasteiger charge is -2.18. The van der Waals surface area contributed by atoms with Gasteiger partial charge in [-0.3, -0.25) is 4.68 Å². The van der Waals surface area contributed by atoms with Gasteiger partial charge in [0.25, 0.3) is 0 Å². The lowest BCUT2D eigenvalue weighted by Crippen LogP contribution is -2.22. The lowest BCUT2D eigenvalue weighted by molar-refractivity contribution is 0.496. The van der Waals surface area contributed by atoms with Crippen LogP contribution in [-0.2, 0) is 13.0 Å². The van der Waals surface area contributed by atoms with Crippen molar-refractivity contribution in [2.75, 3.05) is 7.05 Å². The Morgan fingerprint density at radius 1 is 1.32 bits per heavy atom. The van der Waals surface area contributed by atoms with E-state index in [0.717, 1.165) is 23.9 Å². The molecule has 0 fully saturated rings. The first-order chi connectivity index (χ1) is 9.26. The van der Waals surface area contributed by atoms with E-state index < -0.39 is 0 Å². The summed E-state index contributed by atoms with van der Waals surface area (Å²) in [6.07, 6.45) is 3.93. The van der Waals surface area contributed by atoms with Crippen LogP contribution in [0.2, 0.25) is 0 Å². The van der Waals surface area contributed by atoms with Gasteiger partial charge in [-0.25, -0.2) is 0 Å². The molecule has 0 saturated heterocycles. The molecule has 2 rings (SSSR count). The number of aromatic nitrogens is 2. The molecule has 0 spiro atoms. The molecule has 1 aromatic heterocycles. The highest BCUT2D eigenvalue weighted by Gasteiger charge is 2.15. The molecule has 3 nitrogen and oxygen atoms in total. The molecule has 0 aliphatic rings. The van der Waals surface area contributed by atoms with E-state index in [1.807, 2.05) is 19.3 Å². The number of nitrogens with zero attached hydrogens (tertiary/aromatic N) is 2. The number of hydrogen-bond acceptors (Lipinski definition) is 2. The average Bonchev–Trinajstić information content (AvgIpc) is 2.86. The van der Waals surface area contributed by atoms with E-state index in [0.29, 0.717) is 0 Å². The molecule has 2 aromatic rings. The van der Waals surface area contributed by atoms with Crippen LogP contribution in [-0.4, -0.2) is 16.8 Å². The standard InChI is InChI=1S/C15H20BrN3/c1-3-10-19-15(8-9-18-19)14(17-2)11-12-6-4-5-7-13(12)16/h4-9,14,17H,3,10-11H2,1-2H3. The number of likely N-dealkylation sites (N-methyl/N-ethyl adjacent to an activating group) is 1. The van der Waals surface area contributed by atoms with Gasteiger partial charge in [0.15, 0.2) is 0 Å². The van der Waals surface area contributed by atoms with E-state index in [1.165, 1.54) is 11.3 Å². The lowest BCUT2D eigenvalue weighted by atomic mass is 10.0. The summed E-state index contributed by atoms with van der Waals surface area (Å²) >= 11 is 3.62. The van der Waals surface area contributed by atoms with Gasteiger partial charge in [-0.15, -0.1) is 0 Å². The Kier molecular flexibility index (Phi) is 5.16. The van der Waals surface area contributed by atoms with Crippen molar-refractivity contribution in [2.24, 2.45) is 0 Å². The minimum Gasteiger partial charge on any atom is -0.311 e. The number of benzene rings is 1. The fourth-order valence-electron chi connectivity index (χ4n) is 2.28. The zero-order valence-corrected chi connectivity index (χ0v) is 13.0. The predicted octanol–water partition coefficient (Wildman–Crippen LogP) is 3.56. The largest absolute Gasteiger partial charge is 0.311 e. The van der Waals surface area contributed by atoms with Crippen LogP contribution < -0.4 is 5.32 Å². The fraction of sp³-hybridized carbons (Fsp3) is 0.400. The molecule has 1 aromatic carbocycles. The Hall–Kier alpha value is -1.13. The maximum absolute atomic E-state index is 4.40. The van der Waals surface area contributed by atoms with Gasteiger partial charge in [-0.2, -0.15) is 5.10 Å². The SMILES string of the molecule is CCCn1nccc1C(Cc1ccccc1Br)NC. The quantitative estimate of drug-likeness (QED) is 0.881. The molecule has 0 aliphatic carbocycles. The van der Waals surface area contributed by atoms with E-state index in [4.69, 9.17) is 0 Å². The van der Waals surface area contributed by atoms with E-state index in [2.05, 4.69) is 62.2 Å². The monoisotopic (exact) mass is 321 g/mol. The number of aryl methyl sites for hydroxylation is 1. The summed E-state index contributed by atoms with van der Waals surface area (Å²) in [5.74, 6) is 0. The predicted molar refractivity (Wildman–Crippen MR) is 82.2 cm³/mol. The van der Waals surface area contributed by atoms with E-state index in [-0.39, 0.29) is 6.04 Å². The Morgan fingerprint density at radius 3 is 2.79 bits per heavy atom. The van der Waals surface area contributed by atoms with E-state index in [1.54, 1.807) is 0 Å². The van der Waals surface area contributed by atoms with Gasteiger partial charge in [0.1, 0.15) is 0 Å². The summed E-state index contributed by atoms with van der Waals surface area (Å²) in [5, 5.41) is 7.80. The summed E-state index contributed by atoms with van der Waals surface area (Å²) in [7, 11) is 2.00. The van der Waals surface area contributed by atoms with Gasteiger partial charge < -0.3 is 5.32 Å². The van der Waals surface area contributed by atoms with Crippen LogP contribution in [0, 0.1) is 0 Å². The second-order valence-corrected chi connectivity index (χ2v) is 5.47. The number of halogens is 1. The molecule has 1 heterocycles. The molecule has 0 amide bonds.